The molecule has 7 heteroatoms. The molecule has 0 amide bonds. The number of carbonyl (C=O) groups excluding carboxylic acids is 1. The van der Waals surface area contributed by atoms with Crippen molar-refractivity contribution in [3.05, 3.63) is 11.6 Å². The molecule has 0 aliphatic rings. The summed E-state index contributed by atoms with van der Waals surface area (Å²) in [5.74, 6) is -5.76. The largest absolute Gasteiger partial charge is 0.487 e. The number of allylic oxidation sites excluding steroid dienone is 1. The van der Waals surface area contributed by atoms with Gasteiger partial charge in [-0.15, -0.1) is 0 Å². The summed E-state index contributed by atoms with van der Waals surface area (Å²) < 4.78 is 56.5. The molecule has 0 aromatic heterocycles. The smallest absolute Gasteiger partial charge is 0.452 e. The molecule has 0 bridgehead atoms. The third-order valence-electron chi connectivity index (χ3n) is 1.11. The molecule has 0 spiro atoms. The molecule has 0 aliphatic heterocycles. The van der Waals surface area contributed by atoms with Gasteiger partial charge in [0.15, 0.2) is 0 Å². The van der Waals surface area contributed by atoms with Gasteiger partial charge in [-0.2, -0.15) is 17.6 Å². The van der Waals surface area contributed by atoms with Crippen LogP contribution in [-0.2, 0) is 14.3 Å². The summed E-state index contributed by atoms with van der Waals surface area (Å²) in [6.45, 7) is 0.829. The van der Waals surface area contributed by atoms with Crippen LogP contribution in [0.3, 0.4) is 0 Å². The minimum absolute atomic E-state index is 0.404. The van der Waals surface area contributed by atoms with Gasteiger partial charge in [0.1, 0.15) is 0 Å². The zero-order valence-electron chi connectivity index (χ0n) is 7.44. The van der Waals surface area contributed by atoms with Crippen LogP contribution in [0.15, 0.2) is 11.6 Å². The SMILES string of the molecule is CCO/C(=C(/F)C(=O)OC)C(F)(F)F. The van der Waals surface area contributed by atoms with E-state index in [9.17, 15) is 22.4 Å². The fourth-order valence-electron chi connectivity index (χ4n) is 0.596. The van der Waals surface area contributed by atoms with Gasteiger partial charge < -0.3 is 9.47 Å². The van der Waals surface area contributed by atoms with Crippen LogP contribution in [0.5, 0.6) is 0 Å². The predicted octanol–water partition coefficient (Wildman–Crippen LogP) is 1.94. The van der Waals surface area contributed by atoms with Crippen molar-refractivity contribution in [3.63, 3.8) is 0 Å². The molecule has 0 radical (unpaired) electrons. The van der Waals surface area contributed by atoms with E-state index in [1.807, 2.05) is 0 Å². The summed E-state index contributed by atoms with van der Waals surface area (Å²) >= 11 is 0. The quantitative estimate of drug-likeness (QED) is 0.313. The normalized spacial score (nSPS) is 13.3. The van der Waals surface area contributed by atoms with E-state index in [-0.39, 0.29) is 0 Å². The number of methoxy groups -OCH3 is 1. The van der Waals surface area contributed by atoms with Crippen molar-refractivity contribution < 1.29 is 31.8 Å². The van der Waals surface area contributed by atoms with Crippen LogP contribution < -0.4 is 0 Å². The van der Waals surface area contributed by atoms with Crippen LogP contribution in [0.1, 0.15) is 6.92 Å². The molecular weight excluding hydrogens is 208 g/mol. The fraction of sp³-hybridized carbons (Fsp3) is 0.571. The van der Waals surface area contributed by atoms with Crippen molar-refractivity contribution in [1.82, 2.24) is 0 Å². The molecule has 0 rings (SSSR count). The van der Waals surface area contributed by atoms with Crippen molar-refractivity contribution in [2.75, 3.05) is 13.7 Å². The number of hydrogen-bond donors (Lipinski definition) is 0. The molecule has 0 fully saturated rings. The van der Waals surface area contributed by atoms with Crippen molar-refractivity contribution in [2.45, 2.75) is 13.1 Å². The van der Waals surface area contributed by atoms with E-state index in [1.54, 1.807) is 0 Å². The van der Waals surface area contributed by atoms with Crippen molar-refractivity contribution in [2.24, 2.45) is 0 Å². The highest BCUT2D eigenvalue weighted by molar-refractivity contribution is 5.86. The molecule has 0 saturated heterocycles. The highest BCUT2D eigenvalue weighted by Gasteiger charge is 2.41. The topological polar surface area (TPSA) is 35.5 Å². The van der Waals surface area contributed by atoms with Gasteiger partial charge in [-0.1, -0.05) is 0 Å². The lowest BCUT2D eigenvalue weighted by Gasteiger charge is -2.12. The van der Waals surface area contributed by atoms with Crippen molar-refractivity contribution >= 4 is 5.97 Å². The maximum Gasteiger partial charge on any atom is 0.452 e. The first-order valence-electron chi connectivity index (χ1n) is 3.52. The van der Waals surface area contributed by atoms with Crippen molar-refractivity contribution in [3.8, 4) is 0 Å². The Morgan fingerprint density at radius 2 is 1.86 bits per heavy atom. The molecule has 0 saturated carbocycles. The van der Waals surface area contributed by atoms with Gasteiger partial charge in [-0.05, 0) is 6.92 Å². The Balaban J connectivity index is 5.05. The lowest BCUT2D eigenvalue weighted by molar-refractivity contribution is -0.146. The molecular formula is C7H8F4O3. The van der Waals surface area contributed by atoms with E-state index < -0.39 is 30.3 Å². The Hall–Kier alpha value is -1.27. The molecule has 0 aromatic rings. The number of halogens is 4. The minimum Gasteiger partial charge on any atom is -0.487 e. The zero-order chi connectivity index (χ0) is 11.4. The first-order valence-corrected chi connectivity index (χ1v) is 3.52. The Morgan fingerprint density at radius 3 is 2.14 bits per heavy atom. The standard InChI is InChI=1S/C7H8F4O3/c1-3-14-5(7(9,10)11)4(8)6(12)13-2/h3H2,1-2H3/b5-4+. The number of ether oxygens (including phenoxy) is 2. The summed E-state index contributed by atoms with van der Waals surface area (Å²) in [5, 5.41) is 0. The lowest BCUT2D eigenvalue weighted by Crippen LogP contribution is -2.19. The van der Waals surface area contributed by atoms with Crippen LogP contribution in [0, 0.1) is 0 Å². The highest BCUT2D eigenvalue weighted by Crippen LogP contribution is 2.30. The van der Waals surface area contributed by atoms with Gasteiger partial charge in [-0.25, -0.2) is 4.79 Å². The van der Waals surface area contributed by atoms with E-state index in [1.165, 1.54) is 6.92 Å². The van der Waals surface area contributed by atoms with Gasteiger partial charge in [0.2, 0.25) is 5.76 Å². The van der Waals surface area contributed by atoms with Crippen LogP contribution in [0.4, 0.5) is 17.6 Å². The Kier molecular flexibility index (Phi) is 4.39. The highest BCUT2D eigenvalue weighted by atomic mass is 19.4. The summed E-state index contributed by atoms with van der Waals surface area (Å²) in [7, 11) is 0.766. The summed E-state index contributed by atoms with van der Waals surface area (Å²) in [6.07, 6.45) is -5.05. The molecule has 0 aromatic carbocycles. The molecule has 0 unspecified atom stereocenters. The minimum atomic E-state index is -5.05. The number of alkyl halides is 3. The van der Waals surface area contributed by atoms with E-state index in [2.05, 4.69) is 9.47 Å². The maximum absolute atomic E-state index is 12.7. The van der Waals surface area contributed by atoms with Gasteiger partial charge in [0, 0.05) is 0 Å². The zero-order valence-corrected chi connectivity index (χ0v) is 7.44. The summed E-state index contributed by atoms with van der Waals surface area (Å²) in [6, 6.07) is 0. The van der Waals surface area contributed by atoms with Crippen LogP contribution in [-0.4, -0.2) is 25.9 Å². The molecule has 0 heterocycles. The average Bonchev–Trinajstić information content (AvgIpc) is 2.09. The molecule has 3 nitrogen and oxygen atoms in total. The second-order valence-corrected chi connectivity index (χ2v) is 2.07. The maximum atomic E-state index is 12.7. The Labute approximate surface area is 77.3 Å². The summed E-state index contributed by atoms with van der Waals surface area (Å²) in [4.78, 5) is 10.4. The average molecular weight is 216 g/mol. The van der Waals surface area contributed by atoms with Crippen LogP contribution >= 0.6 is 0 Å². The third-order valence-corrected chi connectivity index (χ3v) is 1.11. The van der Waals surface area contributed by atoms with E-state index in [0.717, 1.165) is 7.11 Å². The van der Waals surface area contributed by atoms with Gasteiger partial charge in [0.25, 0.3) is 5.83 Å². The Morgan fingerprint density at radius 1 is 1.36 bits per heavy atom. The fourth-order valence-corrected chi connectivity index (χ4v) is 0.596. The number of esters is 1. The van der Waals surface area contributed by atoms with Crippen LogP contribution in [0.25, 0.3) is 0 Å². The first kappa shape index (κ1) is 12.7. The molecule has 0 N–H and O–H groups in total. The molecule has 0 aliphatic carbocycles. The number of rotatable bonds is 3. The second-order valence-electron chi connectivity index (χ2n) is 2.07. The van der Waals surface area contributed by atoms with E-state index in [4.69, 9.17) is 0 Å². The van der Waals surface area contributed by atoms with Crippen molar-refractivity contribution in [1.29, 1.82) is 0 Å². The molecule has 14 heavy (non-hydrogen) atoms. The predicted molar refractivity (Wildman–Crippen MR) is 37.8 cm³/mol. The lowest BCUT2D eigenvalue weighted by atomic mass is 10.4. The second kappa shape index (κ2) is 4.83. The molecule has 0 atom stereocenters. The third kappa shape index (κ3) is 3.23. The van der Waals surface area contributed by atoms with Gasteiger partial charge in [0.05, 0.1) is 13.7 Å². The summed E-state index contributed by atoms with van der Waals surface area (Å²) in [5.41, 5.74) is 0. The monoisotopic (exact) mass is 216 g/mol. The number of carbonyl (C=O) groups is 1. The first-order chi connectivity index (χ1) is 6.34. The van der Waals surface area contributed by atoms with E-state index >= 15 is 0 Å². The van der Waals surface area contributed by atoms with Gasteiger partial charge in [-0.3, -0.25) is 0 Å². The van der Waals surface area contributed by atoms with Gasteiger partial charge >= 0.3 is 12.1 Å². The van der Waals surface area contributed by atoms with Crippen LogP contribution in [0.2, 0.25) is 0 Å². The Bertz CT molecular complexity index is 244. The van der Waals surface area contributed by atoms with E-state index in [0.29, 0.717) is 0 Å². The number of hydrogen-bond acceptors (Lipinski definition) is 3. The molecule has 82 valence electrons.